The molecule has 0 aromatic carbocycles. The van der Waals surface area contributed by atoms with Crippen LogP contribution in [0.4, 0.5) is 5.82 Å². The van der Waals surface area contributed by atoms with Gasteiger partial charge in [-0.05, 0) is 33.6 Å². The molecule has 0 fully saturated rings. The van der Waals surface area contributed by atoms with Gasteiger partial charge in [-0.15, -0.1) is 0 Å². The summed E-state index contributed by atoms with van der Waals surface area (Å²) in [7, 11) is 0. The molecule has 0 unspecified atom stereocenters. The van der Waals surface area contributed by atoms with Crippen LogP contribution < -0.4 is 4.90 Å². The maximum Gasteiger partial charge on any atom is 0.157 e. The zero-order chi connectivity index (χ0) is 12.9. The van der Waals surface area contributed by atoms with Crippen LogP contribution in [0.15, 0.2) is 12.3 Å². The third-order valence-electron chi connectivity index (χ3n) is 4.25. The van der Waals surface area contributed by atoms with E-state index >= 15 is 0 Å². The first-order valence-corrected chi connectivity index (χ1v) is 6.65. The third-order valence-corrected chi connectivity index (χ3v) is 4.25. The largest absolute Gasteiger partial charge is 0.351 e. The van der Waals surface area contributed by atoms with Crippen LogP contribution in [0.2, 0.25) is 0 Å². The second-order valence-corrected chi connectivity index (χ2v) is 5.67. The number of anilines is 1. The van der Waals surface area contributed by atoms with E-state index in [-0.39, 0.29) is 5.54 Å². The summed E-state index contributed by atoms with van der Waals surface area (Å²) in [5.41, 5.74) is 3.61. The van der Waals surface area contributed by atoms with Crippen molar-refractivity contribution < 1.29 is 0 Å². The lowest BCUT2D eigenvalue weighted by atomic mass is 10.00. The fraction of sp³-hybridized carbons (Fsp3) is 0.571. The van der Waals surface area contributed by atoms with Crippen molar-refractivity contribution in [2.75, 3.05) is 11.4 Å². The molecule has 0 saturated heterocycles. The molecule has 0 spiro atoms. The first-order chi connectivity index (χ1) is 8.54. The molecule has 2 aromatic heterocycles. The molecule has 18 heavy (non-hydrogen) atoms. The van der Waals surface area contributed by atoms with Crippen LogP contribution in [0.5, 0.6) is 0 Å². The maximum atomic E-state index is 4.62. The minimum Gasteiger partial charge on any atom is -0.351 e. The molecule has 3 heterocycles. The highest BCUT2D eigenvalue weighted by Crippen LogP contribution is 2.36. The molecular weight excluding hydrogens is 224 g/mol. The van der Waals surface area contributed by atoms with E-state index in [1.54, 1.807) is 0 Å². The number of hydrogen-bond donors (Lipinski definition) is 0. The Labute approximate surface area is 108 Å². The molecule has 0 aliphatic carbocycles. The normalized spacial score (nSPS) is 15.4. The van der Waals surface area contributed by atoms with Gasteiger partial charge in [0.15, 0.2) is 5.65 Å². The molecule has 0 radical (unpaired) electrons. The number of hydrogen-bond acceptors (Lipinski definition) is 3. The fourth-order valence-electron chi connectivity index (χ4n) is 2.75. The van der Waals surface area contributed by atoms with Gasteiger partial charge in [0.25, 0.3) is 0 Å². The van der Waals surface area contributed by atoms with Crippen molar-refractivity contribution in [2.24, 2.45) is 0 Å². The van der Waals surface area contributed by atoms with Gasteiger partial charge < -0.3 is 4.90 Å². The van der Waals surface area contributed by atoms with E-state index in [1.807, 2.05) is 16.8 Å². The minimum atomic E-state index is 0.165. The summed E-state index contributed by atoms with van der Waals surface area (Å²) in [5.74, 6) is 1.24. The van der Waals surface area contributed by atoms with E-state index in [0.29, 0.717) is 0 Å². The highest BCUT2D eigenvalue weighted by atomic mass is 15.4. The first-order valence-electron chi connectivity index (χ1n) is 6.65. The monoisotopic (exact) mass is 244 g/mol. The van der Waals surface area contributed by atoms with E-state index in [1.165, 1.54) is 11.4 Å². The molecule has 1 aliphatic heterocycles. The second kappa shape index (κ2) is 3.70. The van der Waals surface area contributed by atoms with Crippen molar-refractivity contribution in [3.05, 3.63) is 23.5 Å². The quantitative estimate of drug-likeness (QED) is 0.814. The number of nitrogens with zero attached hydrogens (tertiary/aromatic N) is 4. The van der Waals surface area contributed by atoms with Crippen molar-refractivity contribution in [3.63, 3.8) is 0 Å². The van der Waals surface area contributed by atoms with Gasteiger partial charge >= 0.3 is 0 Å². The predicted octanol–water partition coefficient (Wildman–Crippen LogP) is 2.59. The van der Waals surface area contributed by atoms with E-state index in [4.69, 9.17) is 0 Å². The number of aromatic nitrogens is 3. The molecular formula is C14H20N4. The van der Waals surface area contributed by atoms with Crippen LogP contribution in [0.25, 0.3) is 5.65 Å². The molecule has 1 aliphatic rings. The van der Waals surface area contributed by atoms with Gasteiger partial charge in [0, 0.05) is 29.4 Å². The molecule has 2 aromatic rings. The molecule has 0 saturated carbocycles. The third kappa shape index (κ3) is 1.44. The number of rotatable bonds is 2. The first kappa shape index (κ1) is 11.5. The summed E-state index contributed by atoms with van der Waals surface area (Å²) in [6.45, 7) is 10.0. The molecule has 0 amide bonds. The Bertz CT molecular complexity index is 597. The Morgan fingerprint density at radius 3 is 2.89 bits per heavy atom. The van der Waals surface area contributed by atoms with Crippen LogP contribution in [0.1, 0.15) is 38.4 Å². The van der Waals surface area contributed by atoms with Gasteiger partial charge in [0.2, 0.25) is 0 Å². The summed E-state index contributed by atoms with van der Waals surface area (Å²) in [6.07, 6.45) is 4.03. The summed E-state index contributed by atoms with van der Waals surface area (Å²) in [4.78, 5) is 7.11. The smallest absolute Gasteiger partial charge is 0.157 e. The number of aryl methyl sites for hydroxylation is 1. The van der Waals surface area contributed by atoms with Gasteiger partial charge in [-0.3, -0.25) is 0 Å². The van der Waals surface area contributed by atoms with Crippen molar-refractivity contribution in [1.82, 2.24) is 14.6 Å². The second-order valence-electron chi connectivity index (χ2n) is 5.67. The zero-order valence-corrected chi connectivity index (χ0v) is 11.6. The summed E-state index contributed by atoms with van der Waals surface area (Å²) < 4.78 is 1.99. The highest BCUT2D eigenvalue weighted by Gasteiger charge is 2.34. The molecule has 0 bridgehead atoms. The zero-order valence-electron chi connectivity index (χ0n) is 11.6. The molecule has 3 rings (SSSR count). The highest BCUT2D eigenvalue weighted by molar-refractivity contribution is 5.61. The SMILES string of the molecule is CCC(C)(C)N1CCc2c(C)nc3ccnn3c21. The van der Waals surface area contributed by atoms with E-state index < -0.39 is 0 Å². The predicted molar refractivity (Wildman–Crippen MR) is 73.1 cm³/mol. The molecule has 0 atom stereocenters. The van der Waals surface area contributed by atoms with Gasteiger partial charge in [-0.2, -0.15) is 9.61 Å². The molecule has 96 valence electrons. The Kier molecular flexibility index (Phi) is 2.37. The summed E-state index contributed by atoms with van der Waals surface area (Å²) in [5, 5.41) is 4.44. The Balaban J connectivity index is 2.26. The Morgan fingerprint density at radius 2 is 2.17 bits per heavy atom. The lowest BCUT2D eigenvalue weighted by molar-refractivity contribution is 0.450. The average Bonchev–Trinajstić information content (AvgIpc) is 2.93. The van der Waals surface area contributed by atoms with Crippen LogP contribution in [0, 0.1) is 6.92 Å². The van der Waals surface area contributed by atoms with Gasteiger partial charge in [-0.1, -0.05) is 6.92 Å². The topological polar surface area (TPSA) is 33.4 Å². The maximum absolute atomic E-state index is 4.62. The molecule has 0 N–H and O–H groups in total. The molecule has 4 heteroatoms. The van der Waals surface area contributed by atoms with Gasteiger partial charge in [0.05, 0.1) is 6.20 Å². The van der Waals surface area contributed by atoms with Crippen LogP contribution >= 0.6 is 0 Å². The lowest BCUT2D eigenvalue weighted by Crippen LogP contribution is -2.43. The fourth-order valence-corrected chi connectivity index (χ4v) is 2.75. The molecule has 4 nitrogen and oxygen atoms in total. The van der Waals surface area contributed by atoms with Gasteiger partial charge in [0.1, 0.15) is 5.82 Å². The summed E-state index contributed by atoms with van der Waals surface area (Å²) >= 11 is 0. The van der Waals surface area contributed by atoms with Crippen molar-refractivity contribution in [1.29, 1.82) is 0 Å². The van der Waals surface area contributed by atoms with E-state index in [2.05, 4.69) is 42.7 Å². The van der Waals surface area contributed by atoms with E-state index in [0.717, 1.165) is 30.7 Å². The van der Waals surface area contributed by atoms with Crippen LogP contribution in [-0.4, -0.2) is 26.7 Å². The van der Waals surface area contributed by atoms with Crippen LogP contribution in [0.3, 0.4) is 0 Å². The lowest BCUT2D eigenvalue weighted by Gasteiger charge is -2.36. The van der Waals surface area contributed by atoms with Crippen molar-refractivity contribution in [3.8, 4) is 0 Å². The minimum absolute atomic E-state index is 0.165. The number of fused-ring (bicyclic) bond motifs is 3. The van der Waals surface area contributed by atoms with Gasteiger partial charge in [-0.25, -0.2) is 4.98 Å². The average molecular weight is 244 g/mol. The van der Waals surface area contributed by atoms with Crippen LogP contribution in [-0.2, 0) is 6.42 Å². The standard InChI is InChI=1S/C14H20N4/c1-5-14(3,4)17-9-7-11-10(2)16-12-6-8-15-18(12)13(11)17/h6,8H,5,7,9H2,1-4H3. The summed E-state index contributed by atoms with van der Waals surface area (Å²) in [6, 6.07) is 1.97. The Hall–Kier alpha value is -1.58. The van der Waals surface area contributed by atoms with Crippen molar-refractivity contribution in [2.45, 2.75) is 46.1 Å². The van der Waals surface area contributed by atoms with E-state index in [9.17, 15) is 0 Å². The van der Waals surface area contributed by atoms with Crippen molar-refractivity contribution >= 4 is 11.5 Å². The Morgan fingerprint density at radius 1 is 1.39 bits per heavy atom.